The van der Waals surface area contributed by atoms with Crippen LogP contribution < -0.4 is 10.6 Å². The van der Waals surface area contributed by atoms with E-state index >= 15 is 0 Å². The Morgan fingerprint density at radius 3 is 2.53 bits per heavy atom. The summed E-state index contributed by atoms with van der Waals surface area (Å²) in [6.45, 7) is 17.7. The highest BCUT2D eigenvalue weighted by molar-refractivity contribution is 6.04. The summed E-state index contributed by atoms with van der Waals surface area (Å²) in [7, 11) is 2.11. The van der Waals surface area contributed by atoms with E-state index in [9.17, 15) is 4.79 Å². The summed E-state index contributed by atoms with van der Waals surface area (Å²) in [5.74, 6) is 0.195. The van der Waals surface area contributed by atoms with Gasteiger partial charge in [0, 0.05) is 59.0 Å². The minimum absolute atomic E-state index is 0. The molecule has 2 rings (SSSR count). The standard InChI is InChI=1S/C28H41N5O.C2H6.2H2/c1-8-9-13-33(7)19-27(20(2)3)30-17-22(5)31-23(6)24-11-10-12-26(15-24)32-28(34)25-14-21(4)16-29-18-25;1-2;;/h10-12,14-20,22-23,31H,8-9,13H2,1-7H3,(H,32,34);1-2H3;2*1H/b27-19+,30-17?;;;/t22?,23-;;;/m0.../s1. The van der Waals surface area contributed by atoms with E-state index in [0.29, 0.717) is 11.5 Å². The van der Waals surface area contributed by atoms with Crippen LogP contribution in [0.25, 0.3) is 0 Å². The monoisotopic (exact) mass is 497 g/mol. The lowest BCUT2D eigenvalue weighted by Gasteiger charge is -2.19. The lowest BCUT2D eigenvalue weighted by Crippen LogP contribution is -2.30. The number of amides is 1. The Morgan fingerprint density at radius 1 is 1.17 bits per heavy atom. The lowest BCUT2D eigenvalue weighted by atomic mass is 10.1. The normalized spacial score (nSPS) is 13.2. The fourth-order valence-electron chi connectivity index (χ4n) is 3.53. The molecule has 1 unspecified atom stereocenters. The summed E-state index contributed by atoms with van der Waals surface area (Å²) in [6.07, 6.45) is 9.82. The van der Waals surface area contributed by atoms with Crippen LogP contribution >= 0.6 is 0 Å². The molecule has 1 heterocycles. The van der Waals surface area contributed by atoms with Gasteiger partial charge in [-0.15, -0.1) is 0 Å². The van der Waals surface area contributed by atoms with E-state index in [0.717, 1.165) is 29.1 Å². The molecule has 0 saturated carbocycles. The quantitative estimate of drug-likeness (QED) is 0.298. The average Bonchev–Trinajstić information content (AvgIpc) is 2.86. The Bertz CT molecular complexity index is 994. The zero-order chi connectivity index (χ0) is 27.1. The first kappa shape index (κ1) is 31.0. The fourth-order valence-corrected chi connectivity index (χ4v) is 3.53. The number of aryl methyl sites for hydroxylation is 1. The molecule has 0 aliphatic heterocycles. The van der Waals surface area contributed by atoms with Gasteiger partial charge in [0.05, 0.1) is 11.3 Å². The molecule has 1 aromatic carbocycles. The Morgan fingerprint density at radius 2 is 1.89 bits per heavy atom. The molecule has 36 heavy (non-hydrogen) atoms. The molecule has 202 valence electrons. The van der Waals surface area contributed by atoms with Crippen LogP contribution in [-0.4, -0.2) is 41.6 Å². The molecule has 0 fully saturated rings. The molecular formula is C30H51N5O. The summed E-state index contributed by atoms with van der Waals surface area (Å²) in [4.78, 5) is 23.7. The molecule has 0 bridgehead atoms. The number of nitrogens with one attached hydrogen (secondary N) is 2. The minimum atomic E-state index is -0.161. The van der Waals surface area contributed by atoms with Gasteiger partial charge >= 0.3 is 0 Å². The van der Waals surface area contributed by atoms with Crippen LogP contribution in [0.4, 0.5) is 5.69 Å². The number of hydrogen-bond acceptors (Lipinski definition) is 5. The number of aliphatic imine (C=N–C) groups is 1. The summed E-state index contributed by atoms with van der Waals surface area (Å²) < 4.78 is 0. The first-order valence-electron chi connectivity index (χ1n) is 13.2. The van der Waals surface area contributed by atoms with E-state index in [1.54, 1.807) is 12.4 Å². The fraction of sp³-hybridized carbons (Fsp3) is 0.500. The Labute approximate surface area is 222 Å². The predicted molar refractivity (Wildman–Crippen MR) is 159 cm³/mol. The summed E-state index contributed by atoms with van der Waals surface area (Å²) in [5.41, 5.74) is 4.45. The van der Waals surface area contributed by atoms with E-state index in [-0.39, 0.29) is 20.8 Å². The van der Waals surface area contributed by atoms with Gasteiger partial charge in [0.15, 0.2) is 0 Å². The molecule has 0 aliphatic rings. The number of pyridine rings is 1. The average molecular weight is 498 g/mol. The molecule has 2 aromatic rings. The first-order valence-corrected chi connectivity index (χ1v) is 13.2. The van der Waals surface area contributed by atoms with E-state index in [4.69, 9.17) is 4.99 Å². The van der Waals surface area contributed by atoms with Crippen molar-refractivity contribution in [3.63, 3.8) is 0 Å². The van der Waals surface area contributed by atoms with Gasteiger partial charge in [-0.05, 0) is 62.4 Å². The molecule has 0 radical (unpaired) electrons. The van der Waals surface area contributed by atoms with Crippen LogP contribution in [0.2, 0.25) is 0 Å². The van der Waals surface area contributed by atoms with Crippen molar-refractivity contribution in [2.45, 2.75) is 80.3 Å². The Kier molecular flexibility index (Phi) is 14.3. The number of unbranched alkanes of at least 4 members (excludes halogenated alkanes) is 1. The summed E-state index contributed by atoms with van der Waals surface area (Å²) in [6, 6.07) is 9.95. The third-order valence-electron chi connectivity index (χ3n) is 5.55. The largest absolute Gasteiger partial charge is 0.379 e. The molecule has 1 amide bonds. The molecular weight excluding hydrogens is 446 g/mol. The second kappa shape index (κ2) is 16.6. The van der Waals surface area contributed by atoms with Gasteiger partial charge in [0.25, 0.3) is 5.91 Å². The molecule has 6 heteroatoms. The van der Waals surface area contributed by atoms with E-state index < -0.39 is 0 Å². The van der Waals surface area contributed by atoms with Crippen LogP contribution in [0, 0.1) is 12.8 Å². The number of aromatic nitrogens is 1. The van der Waals surface area contributed by atoms with Gasteiger partial charge in [0.1, 0.15) is 0 Å². The van der Waals surface area contributed by atoms with Crippen molar-refractivity contribution in [3.8, 4) is 0 Å². The van der Waals surface area contributed by atoms with Crippen molar-refractivity contribution in [1.29, 1.82) is 0 Å². The highest BCUT2D eigenvalue weighted by Gasteiger charge is 2.12. The van der Waals surface area contributed by atoms with Gasteiger partial charge in [-0.25, -0.2) is 0 Å². The smallest absolute Gasteiger partial charge is 0.257 e. The molecule has 1 aromatic heterocycles. The second-order valence-corrected chi connectivity index (χ2v) is 9.33. The van der Waals surface area contributed by atoms with Gasteiger partial charge in [-0.2, -0.15) is 0 Å². The number of carbonyl (C=O) groups excluding carboxylic acids is 1. The van der Waals surface area contributed by atoms with E-state index in [2.05, 4.69) is 74.5 Å². The van der Waals surface area contributed by atoms with Crippen molar-refractivity contribution >= 4 is 17.8 Å². The van der Waals surface area contributed by atoms with Crippen molar-refractivity contribution in [2.75, 3.05) is 18.9 Å². The number of anilines is 1. The number of hydrogen-bond donors (Lipinski definition) is 2. The van der Waals surface area contributed by atoms with E-state index in [1.165, 1.54) is 12.8 Å². The molecule has 0 spiro atoms. The van der Waals surface area contributed by atoms with Gasteiger partial charge in [0.2, 0.25) is 0 Å². The Hall–Kier alpha value is -2.99. The molecule has 2 N–H and O–H groups in total. The summed E-state index contributed by atoms with van der Waals surface area (Å²) >= 11 is 0. The maximum atomic E-state index is 12.6. The zero-order valence-corrected chi connectivity index (χ0v) is 23.8. The summed E-state index contributed by atoms with van der Waals surface area (Å²) in [5, 5.41) is 6.56. The molecule has 0 aliphatic carbocycles. The molecule has 0 saturated heterocycles. The van der Waals surface area contributed by atoms with Crippen molar-refractivity contribution in [3.05, 3.63) is 71.3 Å². The number of benzene rings is 1. The van der Waals surface area contributed by atoms with Crippen LogP contribution in [0.1, 0.15) is 91.7 Å². The number of carbonyl (C=O) groups is 1. The van der Waals surface area contributed by atoms with Crippen molar-refractivity contribution in [1.82, 2.24) is 15.2 Å². The lowest BCUT2D eigenvalue weighted by molar-refractivity contribution is 0.102. The highest BCUT2D eigenvalue weighted by atomic mass is 16.1. The van der Waals surface area contributed by atoms with Crippen LogP contribution in [0.5, 0.6) is 0 Å². The number of allylic oxidation sites excluding steroid dienone is 1. The molecule has 2 atom stereocenters. The predicted octanol–water partition coefficient (Wildman–Crippen LogP) is 7.50. The minimum Gasteiger partial charge on any atom is -0.379 e. The maximum Gasteiger partial charge on any atom is 0.257 e. The number of nitrogens with zero attached hydrogens (tertiary/aromatic N) is 3. The first-order chi connectivity index (χ1) is 17.2. The van der Waals surface area contributed by atoms with Crippen molar-refractivity contribution in [2.24, 2.45) is 10.9 Å². The maximum absolute atomic E-state index is 12.6. The zero-order valence-electron chi connectivity index (χ0n) is 23.8. The van der Waals surface area contributed by atoms with Gasteiger partial charge in [-0.1, -0.05) is 53.2 Å². The Balaban J connectivity index is 0. The third kappa shape index (κ3) is 11.2. The third-order valence-corrected chi connectivity index (χ3v) is 5.55. The topological polar surface area (TPSA) is 69.6 Å². The van der Waals surface area contributed by atoms with Crippen LogP contribution in [0.15, 0.2) is 59.6 Å². The van der Waals surface area contributed by atoms with Crippen molar-refractivity contribution < 1.29 is 7.65 Å². The van der Waals surface area contributed by atoms with E-state index in [1.807, 2.05) is 51.3 Å². The van der Waals surface area contributed by atoms with Gasteiger partial charge in [-0.3, -0.25) is 14.8 Å². The molecule has 6 nitrogen and oxygen atoms in total. The van der Waals surface area contributed by atoms with Crippen LogP contribution in [-0.2, 0) is 0 Å². The highest BCUT2D eigenvalue weighted by Crippen LogP contribution is 2.19. The van der Waals surface area contributed by atoms with Crippen LogP contribution in [0.3, 0.4) is 0 Å². The number of rotatable bonds is 12. The van der Waals surface area contributed by atoms with Gasteiger partial charge < -0.3 is 15.5 Å². The second-order valence-electron chi connectivity index (χ2n) is 9.33. The SMILES string of the molecule is CC.CCCCN(C)/C=C(/N=CC(C)N[C@@H](C)c1cccc(NC(=O)c2cncc(C)c2)c1)C(C)C.[HH].[HH].